The highest BCUT2D eigenvalue weighted by atomic mass is 32.1. The van der Waals surface area contributed by atoms with Crippen molar-refractivity contribution in [3.63, 3.8) is 0 Å². The summed E-state index contributed by atoms with van der Waals surface area (Å²) in [6, 6.07) is 0. The first-order valence-electron chi connectivity index (χ1n) is 3.61. The number of aryl methyl sites for hydroxylation is 2. The Morgan fingerprint density at radius 3 is 2.00 bits per heavy atom. The van der Waals surface area contributed by atoms with Crippen molar-refractivity contribution in [3.8, 4) is 0 Å². The summed E-state index contributed by atoms with van der Waals surface area (Å²) >= 11 is 1.83. The third-order valence-electron chi connectivity index (χ3n) is 1.63. The van der Waals surface area contributed by atoms with Crippen molar-refractivity contribution < 1.29 is 9.53 Å². The molecule has 0 atom stereocenters. The van der Waals surface area contributed by atoms with Crippen molar-refractivity contribution in [2.75, 3.05) is 7.11 Å². The maximum atomic E-state index is 8.95. The zero-order chi connectivity index (χ0) is 9.56. The number of thiophene rings is 1. The quantitative estimate of drug-likeness (QED) is 0.630. The Balaban J connectivity index is 0.000000261. The molecule has 0 bridgehead atoms. The van der Waals surface area contributed by atoms with E-state index in [0.717, 1.165) is 0 Å². The summed E-state index contributed by atoms with van der Waals surface area (Å²) < 4.78 is 3.86. The van der Waals surface area contributed by atoms with Gasteiger partial charge < -0.3 is 4.74 Å². The maximum Gasteiger partial charge on any atom is 0.292 e. The zero-order valence-corrected chi connectivity index (χ0v) is 8.70. The van der Waals surface area contributed by atoms with Gasteiger partial charge in [-0.2, -0.15) is 0 Å². The second kappa shape index (κ2) is 5.77. The summed E-state index contributed by atoms with van der Waals surface area (Å²) in [5.41, 5.74) is 2.88. The Bertz CT molecular complexity index is 221. The molecule has 0 radical (unpaired) electrons. The molecule has 1 aromatic heterocycles. The average Bonchev–Trinajstić information content (AvgIpc) is 2.37. The van der Waals surface area contributed by atoms with E-state index in [1.807, 2.05) is 11.3 Å². The van der Waals surface area contributed by atoms with Gasteiger partial charge in [0.05, 0.1) is 7.11 Å². The van der Waals surface area contributed by atoms with Gasteiger partial charge in [-0.15, -0.1) is 11.3 Å². The van der Waals surface area contributed by atoms with E-state index in [4.69, 9.17) is 4.79 Å². The predicted octanol–water partition coefficient (Wildman–Crippen LogP) is 2.46. The van der Waals surface area contributed by atoms with Gasteiger partial charge in [0.1, 0.15) is 0 Å². The van der Waals surface area contributed by atoms with E-state index in [1.54, 1.807) is 0 Å². The summed E-state index contributed by atoms with van der Waals surface area (Å²) in [7, 11) is 1.31. The molecule has 2 nitrogen and oxygen atoms in total. The molecule has 1 rings (SSSR count). The van der Waals surface area contributed by atoms with Gasteiger partial charge in [0.15, 0.2) is 0 Å². The van der Waals surface area contributed by atoms with Crippen molar-refractivity contribution in [1.82, 2.24) is 0 Å². The zero-order valence-electron chi connectivity index (χ0n) is 7.88. The highest BCUT2D eigenvalue weighted by Crippen LogP contribution is 2.18. The molecule has 0 amide bonds. The summed E-state index contributed by atoms with van der Waals surface area (Å²) in [4.78, 5) is 10.4. The largest absolute Gasteiger partial charge is 0.471 e. The minimum Gasteiger partial charge on any atom is -0.471 e. The third kappa shape index (κ3) is 3.53. The van der Waals surface area contributed by atoms with Gasteiger partial charge in [-0.1, -0.05) is 0 Å². The molecule has 3 heteroatoms. The van der Waals surface area contributed by atoms with Crippen LogP contribution in [0.1, 0.15) is 16.0 Å². The van der Waals surface area contributed by atoms with Gasteiger partial charge in [0.2, 0.25) is 0 Å². The molecule has 0 aliphatic carbocycles. The molecule has 0 fully saturated rings. The van der Waals surface area contributed by atoms with Crippen LogP contribution in [-0.4, -0.2) is 13.6 Å². The van der Waals surface area contributed by atoms with Crippen LogP contribution in [0, 0.1) is 20.8 Å². The van der Waals surface area contributed by atoms with E-state index >= 15 is 0 Å². The fraction of sp³-hybridized carbons (Fsp3) is 0.444. The number of carbonyl (C=O) groups excluding carboxylic acids is 1. The van der Waals surface area contributed by atoms with Crippen molar-refractivity contribution in [3.05, 3.63) is 21.4 Å². The third-order valence-corrected chi connectivity index (χ3v) is 2.76. The van der Waals surface area contributed by atoms with Crippen LogP contribution < -0.4 is 0 Å². The number of hydrogen-bond acceptors (Lipinski definition) is 3. The fourth-order valence-corrected chi connectivity index (χ4v) is 1.50. The van der Waals surface area contributed by atoms with Gasteiger partial charge in [-0.25, -0.2) is 0 Å². The molecular weight excluding hydrogens is 172 g/mol. The van der Waals surface area contributed by atoms with Gasteiger partial charge >= 0.3 is 0 Å². The molecule has 0 spiro atoms. The molecule has 1 aromatic rings. The molecule has 0 aliphatic heterocycles. The topological polar surface area (TPSA) is 26.3 Å². The van der Waals surface area contributed by atoms with Crippen LogP contribution in [0.2, 0.25) is 0 Å². The Morgan fingerprint density at radius 1 is 1.42 bits per heavy atom. The lowest BCUT2D eigenvalue weighted by atomic mass is 10.2. The highest BCUT2D eigenvalue weighted by Gasteiger charge is 1.95. The van der Waals surface area contributed by atoms with Crippen molar-refractivity contribution >= 4 is 17.8 Å². The molecule has 0 unspecified atom stereocenters. The van der Waals surface area contributed by atoms with E-state index in [0.29, 0.717) is 6.47 Å². The standard InChI is InChI=1S/C7H10S.C2H4O2/c1-5-4-8-7(3)6(5)2;1-4-2-3/h4H,1-3H3;2H,1H3. The summed E-state index contributed by atoms with van der Waals surface area (Å²) in [5.74, 6) is 0. The number of ether oxygens (including phenoxy) is 1. The number of methoxy groups -OCH3 is 1. The number of carbonyl (C=O) groups is 1. The second-order valence-corrected chi connectivity index (χ2v) is 3.52. The lowest BCUT2D eigenvalue weighted by molar-refractivity contribution is -0.126. The molecule has 12 heavy (non-hydrogen) atoms. The van der Waals surface area contributed by atoms with E-state index < -0.39 is 0 Å². The molecule has 0 aromatic carbocycles. The molecule has 68 valence electrons. The lowest BCUT2D eigenvalue weighted by Gasteiger charge is -1.86. The summed E-state index contributed by atoms with van der Waals surface area (Å²) in [5, 5.41) is 2.20. The van der Waals surface area contributed by atoms with Gasteiger partial charge in [0.25, 0.3) is 6.47 Å². The molecule has 0 N–H and O–H groups in total. The predicted molar refractivity (Wildman–Crippen MR) is 51.6 cm³/mol. The van der Waals surface area contributed by atoms with Crippen LogP contribution in [-0.2, 0) is 9.53 Å². The molecular formula is C9H14O2S. The maximum absolute atomic E-state index is 8.95. The first-order chi connectivity index (χ1) is 5.63. The van der Waals surface area contributed by atoms with E-state index in [2.05, 4.69) is 30.9 Å². The smallest absolute Gasteiger partial charge is 0.292 e. The minimum atomic E-state index is 0.375. The molecule has 0 saturated heterocycles. The summed E-state index contributed by atoms with van der Waals surface area (Å²) in [6.07, 6.45) is 0. The Kier molecular flexibility index (Phi) is 5.37. The first-order valence-corrected chi connectivity index (χ1v) is 4.49. The van der Waals surface area contributed by atoms with Crippen molar-refractivity contribution in [2.24, 2.45) is 0 Å². The minimum absolute atomic E-state index is 0.375. The van der Waals surface area contributed by atoms with Gasteiger partial charge in [0, 0.05) is 4.88 Å². The Labute approximate surface area is 77.2 Å². The van der Waals surface area contributed by atoms with Crippen LogP contribution in [0.5, 0.6) is 0 Å². The Morgan fingerprint density at radius 2 is 1.92 bits per heavy atom. The van der Waals surface area contributed by atoms with Crippen molar-refractivity contribution in [1.29, 1.82) is 0 Å². The molecule has 0 aliphatic rings. The van der Waals surface area contributed by atoms with Crippen molar-refractivity contribution in [2.45, 2.75) is 20.8 Å². The van der Waals surface area contributed by atoms with Gasteiger partial charge in [-0.05, 0) is 37.3 Å². The monoisotopic (exact) mass is 186 g/mol. The van der Waals surface area contributed by atoms with E-state index in [1.165, 1.54) is 23.1 Å². The normalized spacial score (nSPS) is 8.33. The van der Waals surface area contributed by atoms with Crippen LogP contribution in [0.4, 0.5) is 0 Å². The van der Waals surface area contributed by atoms with Crippen LogP contribution in [0.25, 0.3) is 0 Å². The van der Waals surface area contributed by atoms with Crippen LogP contribution >= 0.6 is 11.3 Å². The molecule has 0 saturated carbocycles. The van der Waals surface area contributed by atoms with Crippen LogP contribution in [0.3, 0.4) is 0 Å². The van der Waals surface area contributed by atoms with E-state index in [9.17, 15) is 0 Å². The average molecular weight is 186 g/mol. The lowest BCUT2D eigenvalue weighted by Crippen LogP contribution is -1.70. The van der Waals surface area contributed by atoms with Crippen LogP contribution in [0.15, 0.2) is 5.38 Å². The number of hydrogen-bond donors (Lipinski definition) is 0. The van der Waals surface area contributed by atoms with E-state index in [-0.39, 0.29) is 0 Å². The molecule has 1 heterocycles. The summed E-state index contributed by atoms with van der Waals surface area (Å²) in [6.45, 7) is 6.85. The Hall–Kier alpha value is -0.830. The van der Waals surface area contributed by atoms with Gasteiger partial charge in [-0.3, -0.25) is 4.79 Å². The number of rotatable bonds is 1. The highest BCUT2D eigenvalue weighted by molar-refractivity contribution is 7.10. The SMILES string of the molecule is COC=O.Cc1csc(C)c1C. The second-order valence-electron chi connectivity index (χ2n) is 2.43. The fourth-order valence-electron chi connectivity index (χ4n) is 0.631. The first kappa shape index (κ1) is 11.2.